The molecule has 0 fully saturated rings. The van der Waals surface area contributed by atoms with Crippen LogP contribution in [0.15, 0.2) is 25.5 Å². The van der Waals surface area contributed by atoms with Crippen molar-refractivity contribution in [1.29, 1.82) is 0 Å². The molecule has 0 saturated carbocycles. The first-order chi connectivity index (χ1) is 10.9. The fourth-order valence-corrected chi connectivity index (χ4v) is 3.62. The van der Waals surface area contributed by atoms with Crippen LogP contribution in [-0.4, -0.2) is 73.6 Å². The second-order valence-corrected chi connectivity index (χ2v) is 8.07. The Morgan fingerprint density at radius 1 is 0.917 bits per heavy atom. The number of Topliss-reactive ketones (excluding diaryl/α,β-unsaturated/α-hetero) is 1. The van der Waals surface area contributed by atoms with Crippen LogP contribution in [0, 0.1) is 0 Å². The summed E-state index contributed by atoms with van der Waals surface area (Å²) in [5.74, 6) is 0.0996. The third kappa shape index (κ3) is 4.09. The summed E-state index contributed by atoms with van der Waals surface area (Å²) < 4.78 is 2.05. The summed E-state index contributed by atoms with van der Waals surface area (Å²) >= 11 is 7.21. The van der Waals surface area contributed by atoms with Crippen LogP contribution in [0.5, 0.6) is 0 Å². The zero-order valence-corrected chi connectivity index (χ0v) is 19.0. The molecule has 11 heteroatoms. The summed E-state index contributed by atoms with van der Waals surface area (Å²) in [6.45, 7) is 1.91. The third-order valence-electron chi connectivity index (χ3n) is 4.93. The van der Waals surface area contributed by atoms with Crippen molar-refractivity contribution in [1.82, 2.24) is 0 Å². The summed E-state index contributed by atoms with van der Waals surface area (Å²) in [7, 11) is 18.1. The van der Waals surface area contributed by atoms with E-state index in [1.165, 1.54) is 0 Å². The quantitative estimate of drug-likeness (QED) is 0.199. The molecule has 1 aromatic rings. The van der Waals surface area contributed by atoms with Gasteiger partial charge in [-0.2, -0.15) is 0 Å². The average Bonchev–Trinajstić information content (AvgIpc) is 2.55. The molecule has 0 unspecified atom stereocenters. The van der Waals surface area contributed by atoms with Crippen molar-refractivity contribution >= 4 is 127 Å². The molecular formula is C13H18B8Br2O. The maximum atomic E-state index is 13.2. The van der Waals surface area contributed by atoms with Gasteiger partial charge >= 0.3 is 170 Å². The fourth-order valence-electron chi connectivity index (χ4n) is 2.73. The van der Waals surface area contributed by atoms with E-state index in [0.29, 0.717) is 0 Å². The Hall–Kier alpha value is -0.281. The van der Waals surface area contributed by atoms with Crippen LogP contribution in [0.4, 0.5) is 0 Å². The van der Waals surface area contributed by atoms with Gasteiger partial charge in [-0.15, -0.1) is 0 Å². The minimum absolute atomic E-state index is 0.0996. The number of halogens is 2. The van der Waals surface area contributed by atoms with E-state index in [0.717, 1.165) is 58.3 Å². The molecule has 0 spiro atoms. The molecule has 114 valence electrons. The normalized spacial score (nSPS) is 13.1. The van der Waals surface area contributed by atoms with Crippen molar-refractivity contribution in [3.05, 3.63) is 31.0 Å². The van der Waals surface area contributed by atoms with E-state index in [2.05, 4.69) is 55.0 Å². The van der Waals surface area contributed by atoms with Crippen molar-refractivity contribution in [2.24, 2.45) is 0 Å². The van der Waals surface area contributed by atoms with Gasteiger partial charge in [0.15, 0.2) is 0 Å². The van der Waals surface area contributed by atoms with Gasteiger partial charge in [-0.25, -0.2) is 0 Å². The number of hydrogen-bond acceptors (Lipinski definition) is 1. The Morgan fingerprint density at radius 3 is 1.71 bits per heavy atom. The minimum atomic E-state index is 0.0996. The van der Waals surface area contributed by atoms with Crippen LogP contribution >= 0.6 is 31.9 Å². The van der Waals surface area contributed by atoms with Crippen LogP contribution in [0.2, 0.25) is 0 Å². The Kier molecular flexibility index (Phi) is 7.62. The van der Waals surface area contributed by atoms with Gasteiger partial charge in [-0.1, -0.05) is 0 Å². The van der Waals surface area contributed by atoms with Crippen molar-refractivity contribution in [3.8, 4) is 0 Å². The number of allylic oxidation sites excluding steroid dienone is 4. The van der Waals surface area contributed by atoms with Crippen LogP contribution in [0.3, 0.4) is 0 Å². The van der Waals surface area contributed by atoms with Gasteiger partial charge < -0.3 is 0 Å². The predicted molar refractivity (Wildman–Crippen MR) is 138 cm³/mol. The number of rotatable bonds is 4. The van der Waals surface area contributed by atoms with Crippen LogP contribution in [-0.2, 0) is 0 Å². The summed E-state index contributed by atoms with van der Waals surface area (Å²) in [4.78, 5) is 13.2. The third-order valence-corrected chi connectivity index (χ3v) is 7.39. The molecule has 0 saturated heterocycles. The van der Waals surface area contributed by atoms with Gasteiger partial charge in [0.25, 0.3) is 0 Å². The molecule has 0 aliphatic heterocycles. The van der Waals surface area contributed by atoms with Gasteiger partial charge in [0.1, 0.15) is 0 Å². The van der Waals surface area contributed by atoms with Crippen molar-refractivity contribution in [2.75, 3.05) is 0 Å². The molecule has 0 aliphatic rings. The SMILES string of the molecule is B=C(B)/C(Br)=C(B)\C(B)=C(/C)C(=O)c1c(B)c(B)c(Br)c(B)c1B. The maximum absolute atomic E-state index is 13.2. The van der Waals surface area contributed by atoms with Gasteiger partial charge in [0.05, 0.1) is 0 Å². The van der Waals surface area contributed by atoms with Crippen LogP contribution in [0.25, 0.3) is 0 Å². The Morgan fingerprint density at radius 2 is 1.33 bits per heavy atom. The molecule has 1 aromatic carbocycles. The second kappa shape index (κ2) is 8.40. The van der Waals surface area contributed by atoms with Gasteiger partial charge in [0, 0.05) is 0 Å². The van der Waals surface area contributed by atoms with E-state index >= 15 is 0 Å². The molecule has 1 nitrogen and oxygen atoms in total. The number of carbonyl (C=O) groups is 1. The first kappa shape index (κ1) is 21.8. The number of ketones is 1. The van der Waals surface area contributed by atoms with Crippen molar-refractivity contribution in [3.63, 3.8) is 0 Å². The van der Waals surface area contributed by atoms with Gasteiger partial charge in [-0.05, 0) is 0 Å². The molecule has 0 bridgehead atoms. The first-order valence-corrected chi connectivity index (χ1v) is 9.52. The second-order valence-electron chi connectivity index (χ2n) is 6.49. The van der Waals surface area contributed by atoms with E-state index in [9.17, 15) is 4.79 Å². The van der Waals surface area contributed by atoms with E-state index in [1.54, 1.807) is 0 Å². The van der Waals surface area contributed by atoms with Crippen molar-refractivity contribution < 1.29 is 4.79 Å². The van der Waals surface area contributed by atoms with E-state index < -0.39 is 0 Å². The summed E-state index contributed by atoms with van der Waals surface area (Å²) in [5, 5.41) is 0.954. The fraction of sp³-hybridized carbons (Fsp3) is 0.0769. The van der Waals surface area contributed by atoms with E-state index in [1.807, 2.05) is 46.2 Å². The molecule has 0 amide bonds. The number of hydrogen-bond donors (Lipinski definition) is 0. The Bertz CT molecular complexity index is 784. The molecule has 0 aliphatic carbocycles. The summed E-state index contributed by atoms with van der Waals surface area (Å²) in [5.41, 5.74) is 7.98. The Labute approximate surface area is 169 Å². The van der Waals surface area contributed by atoms with E-state index in [4.69, 9.17) is 0 Å². The standard InChI is InChI=1S/C13H18B8Br2O/c1-2(4(14)7(17)11(23)13(20)21)12(24)3-5(15)8(18)10(22)9(19)6(3)16/h20H,14-19,21H2,1H3/b4-2-,11-7-. The van der Waals surface area contributed by atoms with Crippen LogP contribution in [0.1, 0.15) is 17.3 Å². The van der Waals surface area contributed by atoms with Crippen LogP contribution < -0.4 is 21.9 Å². The zero-order valence-electron chi connectivity index (χ0n) is 15.9. The van der Waals surface area contributed by atoms with Gasteiger partial charge in [-0.3, -0.25) is 0 Å². The molecule has 0 radical (unpaired) electrons. The molecule has 0 aromatic heterocycles. The predicted octanol–water partition coefficient (Wildman–Crippen LogP) is -6.52. The molecule has 1 rings (SSSR count). The molecule has 0 N–H and O–H groups in total. The van der Waals surface area contributed by atoms with Gasteiger partial charge in [0.2, 0.25) is 0 Å². The molecule has 24 heavy (non-hydrogen) atoms. The zero-order chi connectivity index (χ0) is 18.9. The topological polar surface area (TPSA) is 17.1 Å². The monoisotopic (exact) mass is 436 g/mol. The van der Waals surface area contributed by atoms with Crippen molar-refractivity contribution in [2.45, 2.75) is 6.92 Å². The summed E-state index contributed by atoms with van der Waals surface area (Å²) in [6, 6.07) is 0. The molecular weight excluding hydrogens is 418 g/mol. The molecule has 0 atom stereocenters. The summed E-state index contributed by atoms with van der Waals surface area (Å²) in [6.07, 6.45) is 0. The number of carbonyl (C=O) groups excluding carboxylic acids is 1. The first-order valence-electron chi connectivity index (χ1n) is 7.94. The Balaban J connectivity index is 3.62. The number of benzene rings is 1. The average molecular weight is 437 g/mol. The van der Waals surface area contributed by atoms with E-state index in [-0.39, 0.29) is 5.78 Å². The molecule has 0 heterocycles.